The number of fused-ring (bicyclic) bond motifs is 4. The third-order valence-electron chi connectivity index (χ3n) is 8.09. The fraction of sp³-hybridized carbons (Fsp3) is 0.105. The molecule has 0 aliphatic rings. The Morgan fingerprint density at radius 3 is 1.79 bits per heavy atom. The van der Waals surface area contributed by atoms with Gasteiger partial charge in [0.1, 0.15) is 7.14 Å². The van der Waals surface area contributed by atoms with Gasteiger partial charge in [-0.05, 0) is 95.6 Å². The molecule has 0 N–H and O–H groups in total. The quantitative estimate of drug-likeness (QED) is 0.158. The van der Waals surface area contributed by atoms with Crippen LogP contribution >= 0.6 is 7.14 Å². The molecule has 0 fully saturated rings. The van der Waals surface area contributed by atoms with E-state index in [0.29, 0.717) is 0 Å². The lowest BCUT2D eigenvalue weighted by Gasteiger charge is -2.15. The zero-order chi connectivity index (χ0) is 29.0. The third-order valence-corrected chi connectivity index (χ3v) is 9.62. The molecule has 0 saturated carbocycles. The smallest absolute Gasteiger partial charge is 0.109 e. The van der Waals surface area contributed by atoms with Crippen molar-refractivity contribution in [3.63, 3.8) is 0 Å². The van der Waals surface area contributed by atoms with E-state index < -0.39 is 7.14 Å². The molecule has 204 valence electrons. The molecule has 3 nitrogen and oxygen atoms in total. The second kappa shape index (κ2) is 10.0. The van der Waals surface area contributed by atoms with Gasteiger partial charge in [-0.2, -0.15) is 0 Å². The summed E-state index contributed by atoms with van der Waals surface area (Å²) in [5.74, 6) is 0. The number of hydrogen-bond donors (Lipinski definition) is 0. The molecule has 7 aromatic rings. The molecule has 0 aliphatic carbocycles. The molecule has 0 radical (unpaired) electrons. The summed E-state index contributed by atoms with van der Waals surface area (Å²) in [6, 6.07) is 40.6. The summed E-state index contributed by atoms with van der Waals surface area (Å²) in [5.41, 5.74) is 10.7. The normalized spacial score (nSPS) is 11.9. The number of aromatic nitrogens is 2. The van der Waals surface area contributed by atoms with Crippen LogP contribution in [0.1, 0.15) is 11.4 Å². The van der Waals surface area contributed by atoms with Gasteiger partial charge in [0.25, 0.3) is 0 Å². The molecule has 42 heavy (non-hydrogen) atoms. The maximum Gasteiger partial charge on any atom is 0.109 e. The minimum Gasteiger partial charge on any atom is -0.319 e. The molecule has 5 aromatic carbocycles. The Labute approximate surface area is 246 Å². The molecule has 0 spiro atoms. The minimum atomic E-state index is -2.36. The highest BCUT2D eigenvalue weighted by Gasteiger charge is 2.16. The van der Waals surface area contributed by atoms with Crippen molar-refractivity contribution < 1.29 is 4.57 Å². The van der Waals surface area contributed by atoms with Crippen LogP contribution in [0.25, 0.3) is 66.0 Å². The van der Waals surface area contributed by atoms with Crippen LogP contribution < -0.4 is 5.30 Å². The molecule has 2 aromatic heterocycles. The maximum atomic E-state index is 12.8. The summed E-state index contributed by atoms with van der Waals surface area (Å²) in [7, 11) is -2.36. The Hall–Kier alpha value is -4.59. The van der Waals surface area contributed by atoms with Gasteiger partial charge in [0.05, 0.1) is 11.0 Å². The van der Waals surface area contributed by atoms with E-state index in [4.69, 9.17) is 9.97 Å². The van der Waals surface area contributed by atoms with E-state index in [1.807, 2.05) is 38.5 Å². The number of rotatable bonds is 4. The van der Waals surface area contributed by atoms with Crippen molar-refractivity contribution in [2.75, 3.05) is 13.3 Å². The minimum absolute atomic E-state index is 0.902. The van der Waals surface area contributed by atoms with Gasteiger partial charge in [-0.3, -0.25) is 9.97 Å². The number of hydrogen-bond acceptors (Lipinski definition) is 3. The molecule has 2 heterocycles. The Balaban J connectivity index is 1.39. The second-order valence-corrected chi connectivity index (χ2v) is 14.7. The van der Waals surface area contributed by atoms with Crippen molar-refractivity contribution in [2.24, 2.45) is 0 Å². The summed E-state index contributed by atoms with van der Waals surface area (Å²) < 4.78 is 12.8. The van der Waals surface area contributed by atoms with Gasteiger partial charge in [0, 0.05) is 27.5 Å². The summed E-state index contributed by atoms with van der Waals surface area (Å²) in [6.07, 6.45) is 0. The average molecular weight is 563 g/mol. The molecule has 0 saturated heterocycles. The first kappa shape index (κ1) is 26.3. The van der Waals surface area contributed by atoms with Crippen LogP contribution in [0.15, 0.2) is 115 Å². The van der Waals surface area contributed by atoms with Gasteiger partial charge in [-0.15, -0.1) is 0 Å². The van der Waals surface area contributed by atoms with Gasteiger partial charge in [-0.25, -0.2) is 0 Å². The average Bonchev–Trinajstić information content (AvgIpc) is 3.00. The number of aryl methyl sites for hydroxylation is 2. The van der Waals surface area contributed by atoms with Crippen molar-refractivity contribution in [3.8, 4) is 33.4 Å². The standard InChI is InChI=1S/C38H31N2OP/c1-24-15-16-26-17-18-35-36(21-25(2)40-38(35)37(26)39-24)28-10-7-9-27(22-28)31-19-20-32(34-14-6-5-13-33(31)34)29-11-8-12-30(23-29)42(3,4)41/h5-23H,1-4H3. The Morgan fingerprint density at radius 2 is 1.10 bits per heavy atom. The first-order valence-corrected chi connectivity index (χ1v) is 16.8. The molecule has 0 bridgehead atoms. The van der Waals surface area contributed by atoms with Crippen LogP contribution in [0.2, 0.25) is 0 Å². The first-order valence-electron chi connectivity index (χ1n) is 14.2. The molecule has 0 amide bonds. The van der Waals surface area contributed by atoms with E-state index in [1.54, 1.807) is 0 Å². The van der Waals surface area contributed by atoms with Gasteiger partial charge in [-0.1, -0.05) is 91.0 Å². The van der Waals surface area contributed by atoms with E-state index in [1.165, 1.54) is 16.3 Å². The SMILES string of the molecule is Cc1ccc2ccc3c(-c4cccc(-c5ccc(-c6cccc(P(C)(C)=O)c6)c6ccccc56)c4)cc(C)nc3c2n1. The summed E-state index contributed by atoms with van der Waals surface area (Å²) in [4.78, 5) is 9.79. The lowest BCUT2D eigenvalue weighted by molar-refractivity contribution is 0.588. The Kier molecular flexibility index (Phi) is 6.30. The van der Waals surface area contributed by atoms with Crippen molar-refractivity contribution >= 4 is 45.0 Å². The number of benzene rings is 5. The van der Waals surface area contributed by atoms with E-state index in [9.17, 15) is 4.57 Å². The zero-order valence-electron chi connectivity index (χ0n) is 24.2. The first-order chi connectivity index (χ1) is 20.3. The van der Waals surface area contributed by atoms with Gasteiger partial charge in [0.2, 0.25) is 0 Å². The van der Waals surface area contributed by atoms with Crippen LogP contribution in [0.4, 0.5) is 0 Å². The van der Waals surface area contributed by atoms with E-state index >= 15 is 0 Å². The van der Waals surface area contributed by atoms with Crippen molar-refractivity contribution in [3.05, 3.63) is 127 Å². The maximum absolute atomic E-state index is 12.8. The number of pyridine rings is 2. The molecule has 0 aliphatic heterocycles. The predicted octanol–water partition coefficient (Wildman–Crippen LogP) is 9.80. The summed E-state index contributed by atoms with van der Waals surface area (Å²) >= 11 is 0. The highest BCUT2D eigenvalue weighted by Crippen LogP contribution is 2.40. The van der Waals surface area contributed by atoms with Crippen LogP contribution in [0, 0.1) is 13.8 Å². The highest BCUT2D eigenvalue weighted by atomic mass is 31.2. The van der Waals surface area contributed by atoms with Crippen molar-refractivity contribution in [1.82, 2.24) is 9.97 Å². The molecule has 4 heteroatoms. The third kappa shape index (κ3) is 4.61. The van der Waals surface area contributed by atoms with E-state index in [-0.39, 0.29) is 0 Å². The van der Waals surface area contributed by atoms with Crippen molar-refractivity contribution in [2.45, 2.75) is 13.8 Å². The Morgan fingerprint density at radius 1 is 0.500 bits per heavy atom. The molecule has 0 atom stereocenters. The van der Waals surface area contributed by atoms with Crippen molar-refractivity contribution in [1.29, 1.82) is 0 Å². The van der Waals surface area contributed by atoms with Crippen LogP contribution in [-0.2, 0) is 4.57 Å². The predicted molar refractivity (Wildman–Crippen MR) is 179 cm³/mol. The van der Waals surface area contributed by atoms with E-state index in [2.05, 4.69) is 104 Å². The van der Waals surface area contributed by atoms with Crippen LogP contribution in [0.3, 0.4) is 0 Å². The topological polar surface area (TPSA) is 42.9 Å². The monoisotopic (exact) mass is 562 g/mol. The zero-order valence-corrected chi connectivity index (χ0v) is 25.1. The highest BCUT2D eigenvalue weighted by molar-refractivity contribution is 7.70. The van der Waals surface area contributed by atoms with Crippen LogP contribution in [0.5, 0.6) is 0 Å². The molecular formula is C38H31N2OP. The fourth-order valence-corrected chi connectivity index (χ4v) is 6.90. The number of nitrogens with zero attached hydrogens (tertiary/aromatic N) is 2. The Bertz CT molecular complexity index is 2230. The van der Waals surface area contributed by atoms with E-state index in [0.717, 1.165) is 66.3 Å². The largest absolute Gasteiger partial charge is 0.319 e. The van der Waals surface area contributed by atoms with Gasteiger partial charge < -0.3 is 4.57 Å². The summed E-state index contributed by atoms with van der Waals surface area (Å²) in [5, 5.41) is 5.48. The fourth-order valence-electron chi connectivity index (χ4n) is 6.00. The lowest BCUT2D eigenvalue weighted by atomic mass is 9.90. The van der Waals surface area contributed by atoms with Crippen LogP contribution in [-0.4, -0.2) is 23.3 Å². The molecule has 7 rings (SSSR count). The lowest BCUT2D eigenvalue weighted by Crippen LogP contribution is -2.02. The molecule has 0 unspecified atom stereocenters. The second-order valence-electron chi connectivity index (χ2n) is 11.5. The van der Waals surface area contributed by atoms with Gasteiger partial charge >= 0.3 is 0 Å². The molecular weight excluding hydrogens is 531 g/mol. The summed E-state index contributed by atoms with van der Waals surface area (Å²) in [6.45, 7) is 7.73. The van der Waals surface area contributed by atoms with Gasteiger partial charge in [0.15, 0.2) is 0 Å².